The molecule has 0 unspecified atom stereocenters. The number of allylic oxidation sites excluding steroid dienone is 1. The van der Waals surface area contributed by atoms with Gasteiger partial charge in [-0.3, -0.25) is 4.79 Å². The van der Waals surface area contributed by atoms with Gasteiger partial charge >= 0.3 is 0 Å². The van der Waals surface area contributed by atoms with Crippen LogP contribution in [0.4, 0.5) is 0 Å². The smallest absolute Gasteiger partial charge is 0.220 e. The molecule has 0 radical (unpaired) electrons. The van der Waals surface area contributed by atoms with E-state index in [0.717, 1.165) is 12.8 Å². The number of nitrogens with one attached hydrogen (secondary N) is 1. The van der Waals surface area contributed by atoms with Crippen LogP contribution in [0.25, 0.3) is 0 Å². The van der Waals surface area contributed by atoms with Gasteiger partial charge in [0.25, 0.3) is 0 Å². The highest BCUT2D eigenvalue weighted by Crippen LogP contribution is 1.98. The number of hydrogen-bond donors (Lipinski definition) is 1. The molecular weight excluding hydrogens is 162 g/mol. The van der Waals surface area contributed by atoms with E-state index >= 15 is 0 Å². The van der Waals surface area contributed by atoms with E-state index in [4.69, 9.17) is 0 Å². The Kier molecular flexibility index (Phi) is 7.36. The van der Waals surface area contributed by atoms with Gasteiger partial charge in [-0.05, 0) is 20.3 Å². The SMILES string of the molecule is CCCCCC(=O)NCC=C(C)C. The Hall–Kier alpha value is -0.790. The third-order valence-electron chi connectivity index (χ3n) is 1.82. The van der Waals surface area contributed by atoms with E-state index < -0.39 is 0 Å². The first kappa shape index (κ1) is 12.2. The van der Waals surface area contributed by atoms with Crippen LogP contribution in [0.5, 0.6) is 0 Å². The molecule has 0 aliphatic rings. The first-order chi connectivity index (χ1) is 6.16. The second-order valence-corrected chi connectivity index (χ2v) is 3.54. The Balaban J connectivity index is 3.36. The predicted molar refractivity (Wildman–Crippen MR) is 56.6 cm³/mol. The minimum atomic E-state index is 0.172. The number of carbonyl (C=O) groups is 1. The molecular formula is C11H21NO. The summed E-state index contributed by atoms with van der Waals surface area (Å²) < 4.78 is 0. The fourth-order valence-electron chi connectivity index (χ4n) is 0.993. The summed E-state index contributed by atoms with van der Waals surface area (Å²) >= 11 is 0. The van der Waals surface area contributed by atoms with Crippen molar-refractivity contribution in [3.05, 3.63) is 11.6 Å². The van der Waals surface area contributed by atoms with Crippen LogP contribution in [0.2, 0.25) is 0 Å². The van der Waals surface area contributed by atoms with Crippen LogP contribution in [0, 0.1) is 0 Å². The Bertz CT molecular complexity index is 169. The molecule has 0 spiro atoms. The lowest BCUT2D eigenvalue weighted by atomic mass is 10.2. The van der Waals surface area contributed by atoms with Crippen molar-refractivity contribution in [2.45, 2.75) is 46.5 Å². The van der Waals surface area contributed by atoms with E-state index in [0.29, 0.717) is 13.0 Å². The van der Waals surface area contributed by atoms with Crippen molar-refractivity contribution in [2.24, 2.45) is 0 Å². The maximum Gasteiger partial charge on any atom is 0.220 e. The Morgan fingerprint density at radius 1 is 1.31 bits per heavy atom. The molecule has 0 rings (SSSR count). The zero-order chi connectivity index (χ0) is 10.1. The molecule has 2 heteroatoms. The minimum Gasteiger partial charge on any atom is -0.353 e. The molecule has 0 fully saturated rings. The molecule has 0 aliphatic heterocycles. The van der Waals surface area contributed by atoms with Crippen LogP contribution in [0.15, 0.2) is 11.6 Å². The van der Waals surface area contributed by atoms with Crippen molar-refractivity contribution in [1.29, 1.82) is 0 Å². The molecule has 76 valence electrons. The molecule has 0 aromatic rings. The minimum absolute atomic E-state index is 0.172. The second-order valence-electron chi connectivity index (χ2n) is 3.54. The van der Waals surface area contributed by atoms with E-state index in [-0.39, 0.29) is 5.91 Å². The topological polar surface area (TPSA) is 29.1 Å². The van der Waals surface area contributed by atoms with Gasteiger partial charge in [0, 0.05) is 13.0 Å². The molecule has 0 aromatic heterocycles. The Labute approximate surface area is 81.4 Å². The number of unbranched alkanes of at least 4 members (excludes halogenated alkanes) is 2. The lowest BCUT2D eigenvalue weighted by Gasteiger charge is -2.01. The summed E-state index contributed by atoms with van der Waals surface area (Å²) in [6.45, 7) is 6.88. The molecule has 0 saturated carbocycles. The lowest BCUT2D eigenvalue weighted by Crippen LogP contribution is -2.22. The van der Waals surface area contributed by atoms with Crippen LogP contribution in [-0.2, 0) is 4.79 Å². The molecule has 0 heterocycles. The normalized spacial score (nSPS) is 9.46. The van der Waals surface area contributed by atoms with Gasteiger partial charge in [-0.1, -0.05) is 31.4 Å². The zero-order valence-corrected chi connectivity index (χ0v) is 9.02. The fraction of sp³-hybridized carbons (Fsp3) is 0.727. The average Bonchev–Trinajstić information content (AvgIpc) is 2.04. The molecule has 2 nitrogen and oxygen atoms in total. The van der Waals surface area contributed by atoms with E-state index in [2.05, 4.69) is 12.2 Å². The molecule has 0 aromatic carbocycles. The highest BCUT2D eigenvalue weighted by Gasteiger charge is 1.97. The van der Waals surface area contributed by atoms with Crippen molar-refractivity contribution in [1.82, 2.24) is 5.32 Å². The van der Waals surface area contributed by atoms with Gasteiger partial charge in [0.05, 0.1) is 0 Å². The van der Waals surface area contributed by atoms with E-state index in [1.54, 1.807) is 0 Å². The molecule has 1 N–H and O–H groups in total. The van der Waals surface area contributed by atoms with Gasteiger partial charge in [0.2, 0.25) is 5.91 Å². The summed E-state index contributed by atoms with van der Waals surface area (Å²) in [7, 11) is 0. The van der Waals surface area contributed by atoms with Crippen LogP contribution in [-0.4, -0.2) is 12.5 Å². The lowest BCUT2D eigenvalue weighted by molar-refractivity contribution is -0.120. The standard InChI is InChI=1S/C11H21NO/c1-4-5-6-7-11(13)12-9-8-10(2)3/h8H,4-7,9H2,1-3H3,(H,12,13). The molecule has 0 atom stereocenters. The molecule has 1 amide bonds. The van der Waals surface area contributed by atoms with E-state index in [1.807, 2.05) is 19.9 Å². The molecule has 13 heavy (non-hydrogen) atoms. The third kappa shape index (κ3) is 9.12. The van der Waals surface area contributed by atoms with Crippen molar-refractivity contribution in [2.75, 3.05) is 6.54 Å². The summed E-state index contributed by atoms with van der Waals surface area (Å²) in [6.07, 6.45) is 6.02. The highest BCUT2D eigenvalue weighted by atomic mass is 16.1. The summed E-state index contributed by atoms with van der Waals surface area (Å²) in [5, 5.41) is 2.86. The van der Waals surface area contributed by atoms with Crippen molar-refractivity contribution < 1.29 is 4.79 Å². The Morgan fingerprint density at radius 3 is 2.54 bits per heavy atom. The van der Waals surface area contributed by atoms with Crippen molar-refractivity contribution in [3.8, 4) is 0 Å². The fourth-order valence-corrected chi connectivity index (χ4v) is 0.993. The first-order valence-electron chi connectivity index (χ1n) is 5.07. The molecule has 0 aliphatic carbocycles. The van der Waals surface area contributed by atoms with Crippen LogP contribution >= 0.6 is 0 Å². The number of rotatable bonds is 6. The summed E-state index contributed by atoms with van der Waals surface area (Å²) in [5.41, 5.74) is 1.24. The maximum atomic E-state index is 11.2. The first-order valence-corrected chi connectivity index (χ1v) is 5.07. The van der Waals surface area contributed by atoms with Crippen LogP contribution in [0.1, 0.15) is 46.5 Å². The number of amides is 1. The van der Waals surface area contributed by atoms with Crippen LogP contribution in [0.3, 0.4) is 0 Å². The number of carbonyl (C=O) groups excluding carboxylic acids is 1. The van der Waals surface area contributed by atoms with Crippen molar-refractivity contribution >= 4 is 5.91 Å². The predicted octanol–water partition coefficient (Wildman–Crippen LogP) is 2.65. The quantitative estimate of drug-likeness (QED) is 0.498. The maximum absolute atomic E-state index is 11.2. The van der Waals surface area contributed by atoms with Gasteiger partial charge in [-0.15, -0.1) is 0 Å². The molecule has 0 saturated heterocycles. The van der Waals surface area contributed by atoms with Crippen LogP contribution < -0.4 is 5.32 Å². The summed E-state index contributed by atoms with van der Waals surface area (Å²) in [5.74, 6) is 0.172. The second kappa shape index (κ2) is 7.84. The zero-order valence-electron chi connectivity index (χ0n) is 9.02. The van der Waals surface area contributed by atoms with Gasteiger partial charge in [-0.2, -0.15) is 0 Å². The van der Waals surface area contributed by atoms with Crippen molar-refractivity contribution in [3.63, 3.8) is 0 Å². The van der Waals surface area contributed by atoms with E-state index in [1.165, 1.54) is 12.0 Å². The van der Waals surface area contributed by atoms with Gasteiger partial charge in [0.1, 0.15) is 0 Å². The summed E-state index contributed by atoms with van der Waals surface area (Å²) in [6, 6.07) is 0. The summed E-state index contributed by atoms with van der Waals surface area (Å²) in [4.78, 5) is 11.2. The van der Waals surface area contributed by atoms with Gasteiger partial charge in [0.15, 0.2) is 0 Å². The largest absolute Gasteiger partial charge is 0.353 e. The third-order valence-corrected chi connectivity index (χ3v) is 1.82. The average molecular weight is 183 g/mol. The number of hydrogen-bond acceptors (Lipinski definition) is 1. The van der Waals surface area contributed by atoms with Gasteiger partial charge < -0.3 is 5.32 Å². The monoisotopic (exact) mass is 183 g/mol. The highest BCUT2D eigenvalue weighted by molar-refractivity contribution is 5.75. The Morgan fingerprint density at radius 2 is 2.00 bits per heavy atom. The van der Waals surface area contributed by atoms with Gasteiger partial charge in [-0.25, -0.2) is 0 Å². The molecule has 0 bridgehead atoms. The van der Waals surface area contributed by atoms with E-state index in [9.17, 15) is 4.79 Å².